The number of nitrogens with zero attached hydrogens (tertiary/aromatic N) is 1. The van der Waals surface area contributed by atoms with Crippen LogP contribution in [0.25, 0.3) is 0 Å². The fraction of sp³-hybridized carbons (Fsp3) is 0.579. The van der Waals surface area contributed by atoms with E-state index in [1.54, 1.807) is 0 Å². The van der Waals surface area contributed by atoms with Gasteiger partial charge >= 0.3 is 0 Å². The first-order valence-corrected chi connectivity index (χ1v) is 8.88. The molecule has 0 radical (unpaired) electrons. The number of amides is 2. The van der Waals surface area contributed by atoms with Crippen LogP contribution in [-0.2, 0) is 4.79 Å². The topological polar surface area (TPSA) is 49.4 Å². The summed E-state index contributed by atoms with van der Waals surface area (Å²) in [6, 6.07) is 7.47. The summed E-state index contributed by atoms with van der Waals surface area (Å²) in [7, 11) is 0. The Bertz CT molecular complexity index is 668. The van der Waals surface area contributed by atoms with E-state index in [2.05, 4.69) is 10.2 Å². The summed E-state index contributed by atoms with van der Waals surface area (Å²) in [5, 5.41) is 2.97. The van der Waals surface area contributed by atoms with Gasteiger partial charge in [0.1, 0.15) is 0 Å². The van der Waals surface area contributed by atoms with Crippen molar-refractivity contribution in [1.82, 2.24) is 10.2 Å². The van der Waals surface area contributed by atoms with E-state index < -0.39 is 0 Å². The highest BCUT2D eigenvalue weighted by atomic mass is 16.2. The molecule has 3 fully saturated rings. The second kappa shape index (κ2) is 4.83. The van der Waals surface area contributed by atoms with Crippen molar-refractivity contribution in [1.29, 1.82) is 0 Å². The highest BCUT2D eigenvalue weighted by molar-refractivity contribution is 5.99. The minimum absolute atomic E-state index is 0.0465. The number of carbonyl (C=O) groups excluding carboxylic acids is 2. The molecule has 2 aliphatic heterocycles. The molecule has 5 atom stereocenters. The van der Waals surface area contributed by atoms with Crippen LogP contribution in [0.2, 0.25) is 0 Å². The van der Waals surface area contributed by atoms with Crippen LogP contribution in [0.1, 0.15) is 47.6 Å². The highest BCUT2D eigenvalue weighted by Crippen LogP contribution is 2.55. The summed E-state index contributed by atoms with van der Waals surface area (Å²) < 4.78 is 0. The van der Waals surface area contributed by atoms with Crippen molar-refractivity contribution >= 4 is 11.8 Å². The molecule has 1 aromatic carbocycles. The van der Waals surface area contributed by atoms with Gasteiger partial charge in [0.15, 0.2) is 0 Å². The molecule has 2 heterocycles. The lowest BCUT2D eigenvalue weighted by molar-refractivity contribution is -0.131. The summed E-state index contributed by atoms with van der Waals surface area (Å²) in [6.45, 7) is 1.90. The van der Waals surface area contributed by atoms with Gasteiger partial charge in [0, 0.05) is 18.7 Å². The maximum Gasteiger partial charge on any atom is 0.252 e. The third kappa shape index (κ3) is 1.97. The lowest BCUT2D eigenvalue weighted by Crippen LogP contribution is -2.33. The van der Waals surface area contributed by atoms with E-state index in [1.807, 2.05) is 24.3 Å². The van der Waals surface area contributed by atoms with Gasteiger partial charge in [-0.2, -0.15) is 0 Å². The van der Waals surface area contributed by atoms with E-state index in [1.165, 1.54) is 19.3 Å². The highest BCUT2D eigenvalue weighted by Gasteiger charge is 2.52. The molecule has 4 nitrogen and oxygen atoms in total. The summed E-state index contributed by atoms with van der Waals surface area (Å²) in [5.74, 6) is 3.41. The van der Waals surface area contributed by atoms with E-state index >= 15 is 0 Å². The molecule has 1 N–H and O–H groups in total. The second-order valence-electron chi connectivity index (χ2n) is 7.78. The molecule has 2 amide bonds. The zero-order valence-corrected chi connectivity index (χ0v) is 13.2. The largest absolute Gasteiger partial charge is 0.345 e. The van der Waals surface area contributed by atoms with Crippen LogP contribution >= 0.6 is 0 Å². The molecule has 1 saturated heterocycles. The number of benzene rings is 1. The Hall–Kier alpha value is -1.84. The van der Waals surface area contributed by atoms with Crippen molar-refractivity contribution in [3.63, 3.8) is 0 Å². The molecule has 120 valence electrons. The van der Waals surface area contributed by atoms with Crippen molar-refractivity contribution in [2.24, 2.45) is 23.7 Å². The Kier molecular flexibility index (Phi) is 2.85. The molecular weight excluding hydrogens is 288 g/mol. The van der Waals surface area contributed by atoms with Crippen LogP contribution in [0.3, 0.4) is 0 Å². The minimum Gasteiger partial charge on any atom is -0.345 e. The average Bonchev–Trinajstić information content (AvgIpc) is 3.29. The van der Waals surface area contributed by atoms with Gasteiger partial charge in [-0.3, -0.25) is 9.59 Å². The van der Waals surface area contributed by atoms with Crippen molar-refractivity contribution < 1.29 is 9.59 Å². The summed E-state index contributed by atoms with van der Waals surface area (Å²) in [5.41, 5.74) is 1.70. The van der Waals surface area contributed by atoms with Gasteiger partial charge in [-0.1, -0.05) is 18.2 Å². The van der Waals surface area contributed by atoms with Crippen LogP contribution in [0.5, 0.6) is 0 Å². The Labute approximate surface area is 136 Å². The van der Waals surface area contributed by atoms with Crippen molar-refractivity contribution in [3.8, 4) is 0 Å². The van der Waals surface area contributed by atoms with Gasteiger partial charge in [0.2, 0.25) is 5.91 Å². The van der Waals surface area contributed by atoms with Crippen molar-refractivity contribution in [3.05, 3.63) is 35.4 Å². The Balaban J connectivity index is 1.29. The van der Waals surface area contributed by atoms with E-state index in [4.69, 9.17) is 0 Å². The molecule has 4 aliphatic rings. The first-order chi connectivity index (χ1) is 11.2. The van der Waals surface area contributed by atoms with E-state index in [9.17, 15) is 9.59 Å². The van der Waals surface area contributed by atoms with Crippen LogP contribution < -0.4 is 5.32 Å². The fourth-order valence-corrected chi connectivity index (χ4v) is 5.67. The molecule has 1 unspecified atom stereocenters. The van der Waals surface area contributed by atoms with Gasteiger partial charge in [0.25, 0.3) is 5.91 Å². The number of hydrogen-bond acceptors (Lipinski definition) is 2. The van der Waals surface area contributed by atoms with Gasteiger partial charge in [0.05, 0.1) is 12.5 Å². The van der Waals surface area contributed by atoms with E-state index in [-0.39, 0.29) is 17.9 Å². The second-order valence-corrected chi connectivity index (χ2v) is 7.78. The first-order valence-electron chi connectivity index (χ1n) is 8.88. The van der Waals surface area contributed by atoms with Crippen LogP contribution in [0, 0.1) is 23.7 Å². The number of rotatable bonds is 2. The van der Waals surface area contributed by atoms with Gasteiger partial charge < -0.3 is 10.2 Å². The lowest BCUT2D eigenvalue weighted by atomic mass is 9.82. The predicted molar refractivity (Wildman–Crippen MR) is 85.7 cm³/mol. The third-order valence-corrected chi connectivity index (χ3v) is 6.75. The molecule has 23 heavy (non-hydrogen) atoms. The van der Waals surface area contributed by atoms with Crippen LogP contribution in [-0.4, -0.2) is 29.8 Å². The van der Waals surface area contributed by atoms with Crippen molar-refractivity contribution in [2.75, 3.05) is 13.1 Å². The fourth-order valence-electron chi connectivity index (χ4n) is 5.67. The van der Waals surface area contributed by atoms with Gasteiger partial charge in [-0.05, 0) is 54.6 Å². The van der Waals surface area contributed by atoms with Gasteiger partial charge in [-0.15, -0.1) is 0 Å². The normalized spacial score (nSPS) is 37.0. The molecule has 2 bridgehead atoms. The minimum atomic E-state index is -0.150. The number of hydrogen-bond donors (Lipinski definition) is 1. The molecule has 4 heteroatoms. The summed E-state index contributed by atoms with van der Waals surface area (Å²) in [4.78, 5) is 26.8. The zero-order valence-electron chi connectivity index (χ0n) is 13.2. The summed E-state index contributed by atoms with van der Waals surface area (Å²) in [6.07, 6.45) is 4.56. The van der Waals surface area contributed by atoms with E-state index in [0.29, 0.717) is 6.42 Å². The quantitative estimate of drug-likeness (QED) is 0.911. The number of fused-ring (bicyclic) bond motifs is 6. The van der Waals surface area contributed by atoms with Crippen LogP contribution in [0.15, 0.2) is 24.3 Å². The Morgan fingerprint density at radius 2 is 1.83 bits per heavy atom. The molecule has 0 aromatic heterocycles. The predicted octanol–water partition coefficient (Wildman–Crippen LogP) is 2.37. The maximum absolute atomic E-state index is 12.8. The van der Waals surface area contributed by atoms with Crippen molar-refractivity contribution in [2.45, 2.75) is 31.7 Å². The lowest BCUT2D eigenvalue weighted by Gasteiger charge is -2.22. The zero-order chi connectivity index (χ0) is 15.6. The Morgan fingerprint density at radius 1 is 1.13 bits per heavy atom. The molecule has 1 aromatic rings. The van der Waals surface area contributed by atoms with E-state index in [0.717, 1.165) is 47.9 Å². The molecule has 0 spiro atoms. The SMILES string of the molecule is O=C1NC(CC(=O)N2C[C@@H]3[C@@H]4CC[C@@H](C4)[C@@H]3C2)c2ccccc21. The Morgan fingerprint density at radius 3 is 2.57 bits per heavy atom. The smallest absolute Gasteiger partial charge is 0.252 e. The monoisotopic (exact) mass is 310 g/mol. The number of nitrogens with one attached hydrogen (secondary N) is 1. The number of carbonyl (C=O) groups is 2. The maximum atomic E-state index is 12.8. The molecule has 2 aliphatic carbocycles. The molecule has 5 rings (SSSR count). The average molecular weight is 310 g/mol. The van der Waals surface area contributed by atoms with Gasteiger partial charge in [-0.25, -0.2) is 0 Å². The molecular formula is C19H22N2O2. The van der Waals surface area contributed by atoms with Crippen LogP contribution in [0.4, 0.5) is 0 Å². The summed E-state index contributed by atoms with van der Waals surface area (Å²) >= 11 is 0. The standard InChI is InChI=1S/C19H22N2O2/c22-18(8-17-13-3-1-2-4-14(13)19(23)20-17)21-9-15-11-5-6-12(7-11)16(15)10-21/h1-4,11-12,15-17H,5-10H2,(H,20,23)/t11-,12+,15-,16+,17?. The third-order valence-electron chi connectivity index (χ3n) is 6.75. The number of likely N-dealkylation sites (tertiary alicyclic amines) is 1. The molecule has 2 saturated carbocycles. The first kappa shape index (κ1) is 13.6.